The van der Waals surface area contributed by atoms with E-state index in [1.165, 1.54) is 18.3 Å². The van der Waals surface area contributed by atoms with Crippen LogP contribution in [0, 0.1) is 25.3 Å². The van der Waals surface area contributed by atoms with Crippen LogP contribution in [0.1, 0.15) is 68.9 Å². The van der Waals surface area contributed by atoms with Gasteiger partial charge in [0.2, 0.25) is 0 Å². The van der Waals surface area contributed by atoms with Crippen LogP contribution in [0.4, 0.5) is 0 Å². The number of hydrogen-bond acceptors (Lipinski definition) is 2. The molecule has 0 bridgehead atoms. The first-order valence-electron chi connectivity index (χ1n) is 39.6. The summed E-state index contributed by atoms with van der Waals surface area (Å²) in [6, 6.07) is 19.6. The van der Waals surface area contributed by atoms with E-state index in [9.17, 15) is 13.7 Å². The van der Waals surface area contributed by atoms with Gasteiger partial charge in [0, 0.05) is 54.0 Å². The standard InChI is InChI=1S/C77H58N4OSi.Pt/c1-54-47-75(78-52-70(54)55-25-9-5-10-26-55)81-71-42-18-17-39-68(71)69-46-45-61(51-74(69)81)82-60-31-23-30-59(50-60)79-53-80(73-44-20-19-43-72(73)79)76-66(56-27-21-29-58(48-56)77(2,3)4)40-24-41-67(76)57-28-22-38-65(49-57)83(62-32-11-6-12-33-62,63-34-13-7-14-35-63)64-36-15-8-16-37-64;/h5-49,52H,1-4H3;/q-2;/i1D3,5D,6D,7D,8D,9D,10D,11D,12D,13D,14D,15D,16D,22D,25D,26D,28D,32D,33D,34D,35D,36D,37D,38D,49D;. The number of nitrogens with zero attached hydrogens (tertiary/aromatic N) is 4. The van der Waals surface area contributed by atoms with Crippen LogP contribution in [0.25, 0.3) is 83.4 Å². The van der Waals surface area contributed by atoms with Crippen molar-refractivity contribution >= 4 is 61.7 Å². The number of imidazole rings is 1. The van der Waals surface area contributed by atoms with Crippen LogP contribution in [-0.2, 0) is 26.5 Å². The van der Waals surface area contributed by atoms with E-state index in [0.29, 0.717) is 44.3 Å². The predicted octanol–water partition coefficient (Wildman–Crippen LogP) is 15.6. The Bertz CT molecular complexity index is 6050. The number of aromatic nitrogens is 4. The van der Waals surface area contributed by atoms with E-state index in [1.807, 2.05) is 57.2 Å². The second-order valence-electron chi connectivity index (χ2n) is 20.3. The molecule has 14 rings (SSSR count). The van der Waals surface area contributed by atoms with E-state index < -0.39 is 192 Å². The van der Waals surface area contributed by atoms with Crippen LogP contribution >= 0.6 is 0 Å². The molecule has 7 heteroatoms. The summed E-state index contributed by atoms with van der Waals surface area (Å²) in [7, 11) is -6.28. The molecule has 0 aliphatic heterocycles. The summed E-state index contributed by atoms with van der Waals surface area (Å²) < 4.78 is 261. The van der Waals surface area contributed by atoms with Crippen molar-refractivity contribution in [2.24, 2.45) is 0 Å². The van der Waals surface area contributed by atoms with Crippen molar-refractivity contribution in [3.63, 3.8) is 0 Å². The van der Waals surface area contributed by atoms with Gasteiger partial charge in [-0.1, -0.05) is 256 Å². The molecule has 14 aromatic rings. The second-order valence-corrected chi connectivity index (χ2v) is 23.8. The van der Waals surface area contributed by atoms with Gasteiger partial charge < -0.3 is 13.9 Å². The molecule has 3 heterocycles. The molecule has 0 saturated heterocycles. The fourth-order valence-electron chi connectivity index (χ4n) is 10.6. The summed E-state index contributed by atoms with van der Waals surface area (Å²) in [5.41, 5.74) is 2.15. The van der Waals surface area contributed by atoms with Crippen LogP contribution in [0.5, 0.6) is 11.5 Å². The molecule has 84 heavy (non-hydrogen) atoms. The average Bonchev–Trinajstić information content (AvgIpc) is 1.16. The SMILES string of the molecule is [2H]c1c([2H])c([2H])c(-c2cnc(-n3c4[c-]c(Oc5[c-]c(-n6[c-][n+](-c7c(-c8cccc(C(C)(C)C)c8)cccc7-c7c([2H])c([2H])c([2H])c([Si](c8c([2H])c([2H])c([2H])c([2H])c8[2H])(c8c([2H])c([2H])c([2H])c([2H])c8[2H])c8c([2H])c([2H])c([2H])c([2H])c8[2H])c7[2H])c7ccccc76)ccc5)ccc4c4ccccc43)cc2C([2H])([2H])[2H])c([2H])c1[2H].[Pt]. The summed E-state index contributed by atoms with van der Waals surface area (Å²) in [4.78, 5) is 4.69. The molecule has 0 spiro atoms. The molecule has 0 aliphatic carbocycles. The quantitative estimate of drug-likeness (QED) is 0.0529. The van der Waals surface area contributed by atoms with E-state index in [4.69, 9.17) is 28.0 Å². The van der Waals surface area contributed by atoms with Gasteiger partial charge in [-0.25, -0.2) is 4.98 Å². The van der Waals surface area contributed by atoms with Gasteiger partial charge in [0.1, 0.15) is 5.82 Å². The van der Waals surface area contributed by atoms with Gasteiger partial charge in [-0.3, -0.25) is 4.57 Å². The zero-order valence-electron chi connectivity index (χ0n) is 71.7. The molecule has 3 aromatic heterocycles. The Morgan fingerprint density at radius 3 is 1.85 bits per heavy atom. The minimum Gasteiger partial charge on any atom is -0.510 e. The molecule has 408 valence electrons. The third kappa shape index (κ3) is 9.61. The predicted molar refractivity (Wildman–Crippen MR) is 343 cm³/mol. The van der Waals surface area contributed by atoms with Gasteiger partial charge in [-0.15, -0.1) is 29.7 Å². The molecule has 0 aliphatic rings. The molecule has 0 unspecified atom stereocenters. The van der Waals surface area contributed by atoms with Gasteiger partial charge in [-0.05, 0) is 95.2 Å². The van der Waals surface area contributed by atoms with E-state index in [2.05, 4.69) is 23.4 Å². The smallest absolute Gasteiger partial charge is 0.268 e. The van der Waals surface area contributed by atoms with Crippen molar-refractivity contribution in [1.29, 1.82) is 0 Å². The first kappa shape index (κ1) is 31.3. The van der Waals surface area contributed by atoms with Crippen LogP contribution < -0.4 is 30.1 Å². The first-order valence-corrected chi connectivity index (χ1v) is 28.1. The number of aryl methyl sites for hydroxylation is 1. The Labute approximate surface area is 544 Å². The van der Waals surface area contributed by atoms with Crippen molar-refractivity contribution in [2.45, 2.75) is 33.0 Å². The number of fused-ring (bicyclic) bond motifs is 4. The van der Waals surface area contributed by atoms with Crippen molar-refractivity contribution in [3.05, 3.63) is 308 Å². The van der Waals surface area contributed by atoms with Crippen LogP contribution in [0.3, 0.4) is 0 Å². The zero-order valence-corrected chi connectivity index (χ0v) is 48.0. The zero-order chi connectivity index (χ0) is 79.5. The molecule has 0 fully saturated rings. The monoisotopic (exact) mass is 1300 g/mol. The van der Waals surface area contributed by atoms with Gasteiger partial charge in [0.25, 0.3) is 6.33 Å². The molecule has 11 aromatic carbocycles. The molecule has 0 atom stereocenters. The molecule has 0 radical (unpaired) electrons. The van der Waals surface area contributed by atoms with E-state index in [1.54, 1.807) is 92.6 Å². The summed E-state index contributed by atoms with van der Waals surface area (Å²) in [5, 5.41) is -2.52. The molecular weight excluding hydrogens is 1220 g/mol. The fourth-order valence-corrected chi connectivity index (χ4v) is 14.1. The first-order chi connectivity index (χ1) is 51.9. The Morgan fingerprint density at radius 2 is 1.14 bits per heavy atom. The topological polar surface area (TPSA) is 35.9 Å². The van der Waals surface area contributed by atoms with Crippen molar-refractivity contribution in [3.8, 4) is 62.1 Å². The van der Waals surface area contributed by atoms with Crippen molar-refractivity contribution < 1.29 is 67.4 Å². The summed E-state index contributed by atoms with van der Waals surface area (Å²) >= 11 is 0. The molecule has 0 N–H and O–H groups in total. The number of ether oxygens (including phenoxy) is 1. The second kappa shape index (κ2) is 22.4. The van der Waals surface area contributed by atoms with E-state index in [0.717, 1.165) is 10.9 Å². The maximum absolute atomic E-state index is 10.9. The van der Waals surface area contributed by atoms with Gasteiger partial charge >= 0.3 is 0 Å². The number of pyridine rings is 1. The largest absolute Gasteiger partial charge is 0.510 e. The summed E-state index contributed by atoms with van der Waals surface area (Å²) in [5.74, 6) is 0.376. The minimum absolute atomic E-state index is 0. The number of para-hydroxylation sites is 4. The van der Waals surface area contributed by atoms with Crippen molar-refractivity contribution in [2.75, 3.05) is 0 Å². The van der Waals surface area contributed by atoms with E-state index >= 15 is 0 Å². The Kier molecular flexibility index (Phi) is 8.33. The van der Waals surface area contributed by atoms with Crippen LogP contribution in [0.15, 0.2) is 279 Å². The fraction of sp³-hybridized carbons (Fsp3) is 0.0649. The number of rotatable bonds is 12. The summed E-state index contributed by atoms with van der Waals surface area (Å²) in [6.45, 7) is 3.15. The van der Waals surface area contributed by atoms with Crippen molar-refractivity contribution in [1.82, 2.24) is 14.1 Å². The van der Waals surface area contributed by atoms with Crippen LogP contribution in [0.2, 0.25) is 0 Å². The number of hydrogen-bond donors (Lipinski definition) is 0. The Hall–Kier alpha value is -9.45. The van der Waals surface area contributed by atoms with Gasteiger partial charge in [0.05, 0.1) is 49.6 Å². The molecule has 5 nitrogen and oxygen atoms in total. The average molecular weight is 1310 g/mol. The molecule has 0 saturated carbocycles. The third-order valence-electron chi connectivity index (χ3n) is 14.4. The normalized spacial score (nSPS) is 16.4. The molecule has 0 amide bonds. The Morgan fingerprint density at radius 1 is 0.536 bits per heavy atom. The van der Waals surface area contributed by atoms with Gasteiger partial charge in [0.15, 0.2) is 8.07 Å². The minimum atomic E-state index is -6.28. The van der Waals surface area contributed by atoms with Gasteiger partial charge in [-0.2, -0.15) is 18.2 Å². The summed E-state index contributed by atoms with van der Waals surface area (Å²) in [6.07, 6.45) is 4.66. The maximum atomic E-state index is 10.9. The van der Waals surface area contributed by atoms with E-state index in [-0.39, 0.29) is 66.3 Å². The molecular formula is C77H58N4OPtSi-2. The Balaban J connectivity index is 0.0000108. The van der Waals surface area contributed by atoms with Crippen LogP contribution in [-0.4, -0.2) is 22.2 Å². The number of benzene rings is 11. The third-order valence-corrected chi connectivity index (χ3v) is 18.4. The maximum Gasteiger partial charge on any atom is 0.268 e.